The first kappa shape index (κ1) is 16.0. The summed E-state index contributed by atoms with van der Waals surface area (Å²) < 4.78 is 3.50. The van der Waals surface area contributed by atoms with Crippen molar-refractivity contribution in [2.45, 2.75) is 52.2 Å². The van der Waals surface area contributed by atoms with Gasteiger partial charge in [-0.25, -0.2) is 0 Å². The van der Waals surface area contributed by atoms with Gasteiger partial charge in [-0.15, -0.1) is 0 Å². The molecule has 2 rings (SSSR count). The zero-order valence-corrected chi connectivity index (χ0v) is 14.0. The maximum absolute atomic E-state index is 10.8. The van der Waals surface area contributed by atoms with E-state index in [1.807, 2.05) is 13.2 Å². The lowest BCUT2D eigenvalue weighted by atomic mass is 9.87. The van der Waals surface area contributed by atoms with Crippen LogP contribution in [-0.2, 0) is 19.0 Å². The van der Waals surface area contributed by atoms with E-state index in [0.717, 1.165) is 24.2 Å². The fourth-order valence-electron chi connectivity index (χ4n) is 2.47. The molecule has 0 aromatic carbocycles. The second-order valence-corrected chi connectivity index (χ2v) is 6.77. The Hall–Kier alpha value is -1.33. The fourth-order valence-corrected chi connectivity index (χ4v) is 2.72. The van der Waals surface area contributed by atoms with E-state index >= 15 is 0 Å². The van der Waals surface area contributed by atoms with Crippen LogP contribution in [0.5, 0.6) is 0 Å². The number of aliphatic hydroxyl groups excluding tert-OH is 1. The highest BCUT2D eigenvalue weighted by molar-refractivity contribution is 6.31. The molecule has 116 valence electrons. The third-order valence-electron chi connectivity index (χ3n) is 3.39. The van der Waals surface area contributed by atoms with Crippen molar-refractivity contribution in [2.75, 3.05) is 0 Å². The van der Waals surface area contributed by atoms with Gasteiger partial charge in [-0.2, -0.15) is 10.2 Å². The Morgan fingerprint density at radius 2 is 2.05 bits per heavy atom. The molecular weight excluding hydrogens is 288 g/mol. The smallest absolute Gasteiger partial charge is 0.125 e. The molecule has 1 unspecified atom stereocenters. The van der Waals surface area contributed by atoms with Crippen LogP contribution in [0, 0.1) is 0 Å². The molecule has 1 atom stereocenters. The summed E-state index contributed by atoms with van der Waals surface area (Å²) in [5.74, 6) is 0. The predicted octanol–water partition coefficient (Wildman–Crippen LogP) is 3.06. The van der Waals surface area contributed by atoms with Crippen LogP contribution >= 0.6 is 11.6 Å². The molecule has 21 heavy (non-hydrogen) atoms. The molecule has 0 bridgehead atoms. The molecule has 0 amide bonds. The lowest BCUT2D eigenvalue weighted by Gasteiger charge is -2.20. The number of hydrogen-bond donors (Lipinski definition) is 1. The molecule has 6 heteroatoms. The van der Waals surface area contributed by atoms with Gasteiger partial charge in [0.1, 0.15) is 6.10 Å². The van der Waals surface area contributed by atoms with Gasteiger partial charge in [-0.1, -0.05) is 39.3 Å². The van der Waals surface area contributed by atoms with Crippen LogP contribution in [0.25, 0.3) is 0 Å². The van der Waals surface area contributed by atoms with Gasteiger partial charge in [-0.3, -0.25) is 9.36 Å². The van der Waals surface area contributed by atoms with Gasteiger partial charge >= 0.3 is 0 Å². The van der Waals surface area contributed by atoms with Gasteiger partial charge < -0.3 is 5.11 Å². The number of aryl methyl sites for hydroxylation is 2. The van der Waals surface area contributed by atoms with E-state index in [-0.39, 0.29) is 5.41 Å². The molecule has 5 nitrogen and oxygen atoms in total. The lowest BCUT2D eigenvalue weighted by molar-refractivity contribution is 0.205. The molecule has 0 spiro atoms. The number of halogens is 1. The molecule has 0 aliphatic rings. The average molecular weight is 311 g/mol. The molecule has 0 radical (unpaired) electrons. The Bertz CT molecular complexity index is 624. The van der Waals surface area contributed by atoms with E-state index < -0.39 is 6.10 Å². The first-order valence-corrected chi connectivity index (χ1v) is 7.56. The Morgan fingerprint density at radius 3 is 2.62 bits per heavy atom. The number of hydrogen-bond acceptors (Lipinski definition) is 3. The average Bonchev–Trinajstić information content (AvgIpc) is 2.93. The quantitative estimate of drug-likeness (QED) is 0.944. The van der Waals surface area contributed by atoms with E-state index in [1.165, 1.54) is 0 Å². The zero-order valence-electron chi connectivity index (χ0n) is 13.3. The highest BCUT2D eigenvalue weighted by Gasteiger charge is 2.29. The van der Waals surface area contributed by atoms with Crippen LogP contribution in [-0.4, -0.2) is 24.7 Å². The summed E-state index contributed by atoms with van der Waals surface area (Å²) in [5, 5.41) is 20.1. The molecular formula is C15H23ClN4O. The second-order valence-electron chi connectivity index (χ2n) is 6.36. The van der Waals surface area contributed by atoms with Crippen molar-refractivity contribution in [1.29, 1.82) is 0 Å². The molecule has 0 fully saturated rings. The minimum absolute atomic E-state index is 0.153. The van der Waals surface area contributed by atoms with Crippen molar-refractivity contribution >= 4 is 11.6 Å². The van der Waals surface area contributed by atoms with Gasteiger partial charge in [0.2, 0.25) is 0 Å². The van der Waals surface area contributed by atoms with E-state index in [9.17, 15) is 5.11 Å². The van der Waals surface area contributed by atoms with E-state index in [1.54, 1.807) is 15.6 Å². The highest BCUT2D eigenvalue weighted by Crippen LogP contribution is 2.34. The number of rotatable bonds is 4. The third kappa shape index (κ3) is 3.14. The monoisotopic (exact) mass is 310 g/mol. The summed E-state index contributed by atoms with van der Waals surface area (Å²) in [6.07, 6.45) is 3.54. The minimum Gasteiger partial charge on any atom is -0.382 e. The topological polar surface area (TPSA) is 55.9 Å². The van der Waals surface area contributed by atoms with Crippen molar-refractivity contribution in [2.24, 2.45) is 7.05 Å². The van der Waals surface area contributed by atoms with Crippen LogP contribution in [0.4, 0.5) is 0 Å². The molecule has 0 aliphatic heterocycles. The Kier molecular flexibility index (Phi) is 4.44. The van der Waals surface area contributed by atoms with Crippen molar-refractivity contribution in [3.8, 4) is 0 Å². The van der Waals surface area contributed by atoms with Crippen molar-refractivity contribution in [3.05, 3.63) is 34.4 Å². The van der Waals surface area contributed by atoms with Gasteiger partial charge in [0.25, 0.3) is 0 Å². The second kappa shape index (κ2) is 5.81. The van der Waals surface area contributed by atoms with Gasteiger partial charge in [0.15, 0.2) is 0 Å². The van der Waals surface area contributed by atoms with Crippen molar-refractivity contribution in [1.82, 2.24) is 19.6 Å². The summed E-state index contributed by atoms with van der Waals surface area (Å²) in [7, 11) is 1.86. The first-order valence-electron chi connectivity index (χ1n) is 7.19. The highest BCUT2D eigenvalue weighted by atomic mass is 35.5. The van der Waals surface area contributed by atoms with Crippen molar-refractivity contribution in [3.63, 3.8) is 0 Å². The van der Waals surface area contributed by atoms with E-state index in [0.29, 0.717) is 10.7 Å². The van der Waals surface area contributed by atoms with E-state index in [2.05, 4.69) is 37.9 Å². The maximum atomic E-state index is 10.8. The normalized spacial score (nSPS) is 13.7. The largest absolute Gasteiger partial charge is 0.382 e. The zero-order chi connectivity index (χ0) is 15.8. The summed E-state index contributed by atoms with van der Waals surface area (Å²) in [6.45, 7) is 9.03. The molecule has 0 saturated carbocycles. The number of aliphatic hydroxyl groups is 1. The van der Waals surface area contributed by atoms with Crippen LogP contribution < -0.4 is 0 Å². The Morgan fingerprint density at radius 1 is 1.38 bits per heavy atom. The van der Waals surface area contributed by atoms with Gasteiger partial charge in [0.05, 0.1) is 22.6 Å². The van der Waals surface area contributed by atoms with Crippen molar-refractivity contribution < 1.29 is 5.11 Å². The van der Waals surface area contributed by atoms with E-state index in [4.69, 9.17) is 11.6 Å². The fraction of sp³-hybridized carbons (Fsp3) is 0.600. The molecule has 2 heterocycles. The Labute approximate surface area is 130 Å². The van der Waals surface area contributed by atoms with Crippen LogP contribution in [0.2, 0.25) is 5.02 Å². The Balaban J connectivity index is 2.50. The minimum atomic E-state index is -0.825. The van der Waals surface area contributed by atoms with Crippen LogP contribution in [0.1, 0.15) is 57.2 Å². The standard InChI is InChI=1S/C15H23ClN4O/c1-6-7-20-12(11(16)8-17-20)13(21)10-9-19(5)18-14(10)15(2,3)4/h8-9,13,21H,6-7H2,1-5H3. The number of aromatic nitrogens is 4. The third-order valence-corrected chi connectivity index (χ3v) is 3.68. The molecule has 0 aliphatic carbocycles. The van der Waals surface area contributed by atoms with Gasteiger partial charge in [-0.05, 0) is 6.42 Å². The lowest BCUT2D eigenvalue weighted by Crippen LogP contribution is -2.18. The maximum Gasteiger partial charge on any atom is 0.125 e. The summed E-state index contributed by atoms with van der Waals surface area (Å²) in [5.41, 5.74) is 2.14. The summed E-state index contributed by atoms with van der Waals surface area (Å²) in [6, 6.07) is 0. The van der Waals surface area contributed by atoms with Crippen LogP contribution in [0.3, 0.4) is 0 Å². The molecule has 2 aromatic rings. The predicted molar refractivity (Wildman–Crippen MR) is 83.5 cm³/mol. The van der Waals surface area contributed by atoms with Gasteiger partial charge in [0, 0.05) is 30.8 Å². The summed E-state index contributed by atoms with van der Waals surface area (Å²) in [4.78, 5) is 0. The molecule has 2 aromatic heterocycles. The SMILES string of the molecule is CCCn1ncc(Cl)c1C(O)c1cn(C)nc1C(C)(C)C. The molecule has 0 saturated heterocycles. The summed E-state index contributed by atoms with van der Waals surface area (Å²) >= 11 is 6.23. The molecule has 1 N–H and O–H groups in total. The first-order chi connectivity index (χ1) is 9.75. The number of nitrogens with zero attached hydrogens (tertiary/aromatic N) is 4. The van der Waals surface area contributed by atoms with Crippen LogP contribution in [0.15, 0.2) is 12.4 Å².